The molecular weight excluding hydrogens is 362 g/mol. The van der Waals surface area contributed by atoms with Gasteiger partial charge in [-0.3, -0.25) is 4.79 Å². The highest BCUT2D eigenvalue weighted by atomic mass is 16.1. The molecule has 1 aliphatic carbocycles. The lowest BCUT2D eigenvalue weighted by atomic mass is 10.1. The third kappa shape index (κ3) is 3.23. The number of amides is 1. The molecule has 0 unspecified atom stereocenters. The van der Waals surface area contributed by atoms with Gasteiger partial charge in [-0.1, -0.05) is 36.4 Å². The molecule has 6 nitrogen and oxygen atoms in total. The number of nitrogens with zero attached hydrogens (tertiary/aromatic N) is 4. The summed E-state index contributed by atoms with van der Waals surface area (Å²) in [6, 6.07) is 18.0. The lowest BCUT2D eigenvalue weighted by Crippen LogP contribution is -2.25. The number of carbonyl (C=O) groups excluding carboxylic acids is 1. The summed E-state index contributed by atoms with van der Waals surface area (Å²) in [5.74, 6) is -0.127. The predicted octanol–water partition coefficient (Wildman–Crippen LogP) is 3.48. The van der Waals surface area contributed by atoms with Gasteiger partial charge in [-0.05, 0) is 43.0 Å². The van der Waals surface area contributed by atoms with E-state index in [1.54, 1.807) is 12.5 Å². The molecule has 29 heavy (non-hydrogen) atoms. The van der Waals surface area contributed by atoms with Crippen molar-refractivity contribution in [2.24, 2.45) is 0 Å². The molecule has 1 aliphatic rings. The van der Waals surface area contributed by atoms with Crippen LogP contribution in [0.1, 0.15) is 33.7 Å². The Morgan fingerprint density at radius 2 is 1.86 bits per heavy atom. The molecule has 0 saturated carbocycles. The second kappa shape index (κ2) is 7.39. The average molecular weight is 383 g/mol. The summed E-state index contributed by atoms with van der Waals surface area (Å²) in [6.07, 6.45) is 8.31. The van der Waals surface area contributed by atoms with Crippen LogP contribution in [-0.2, 0) is 19.4 Å². The summed E-state index contributed by atoms with van der Waals surface area (Å²) in [6.45, 7) is 0.431. The zero-order chi connectivity index (χ0) is 19.6. The Labute approximate surface area is 168 Å². The highest BCUT2D eigenvalue weighted by Crippen LogP contribution is 2.28. The van der Waals surface area contributed by atoms with E-state index in [2.05, 4.69) is 15.4 Å². The van der Waals surface area contributed by atoms with Crippen molar-refractivity contribution in [2.45, 2.75) is 25.8 Å². The number of nitrogens with one attached hydrogen (secondary N) is 1. The molecule has 0 radical (unpaired) electrons. The van der Waals surface area contributed by atoms with Gasteiger partial charge in [0.15, 0.2) is 5.69 Å². The van der Waals surface area contributed by atoms with Crippen LogP contribution in [0.25, 0.3) is 11.4 Å². The molecule has 2 aromatic carbocycles. The normalized spacial score (nSPS) is 12.7. The maximum atomic E-state index is 13.0. The largest absolute Gasteiger partial charge is 0.346 e. The minimum absolute atomic E-state index is 0.127. The number of aromatic nitrogens is 4. The van der Waals surface area contributed by atoms with E-state index in [1.807, 2.05) is 70.0 Å². The fraction of sp³-hybridized carbons (Fsp3) is 0.174. The van der Waals surface area contributed by atoms with Gasteiger partial charge in [0.2, 0.25) is 0 Å². The summed E-state index contributed by atoms with van der Waals surface area (Å²) in [5, 5.41) is 7.74. The molecular formula is C23H21N5O. The van der Waals surface area contributed by atoms with Crippen LogP contribution >= 0.6 is 0 Å². The minimum Gasteiger partial charge on any atom is -0.346 e. The van der Waals surface area contributed by atoms with Gasteiger partial charge in [0.05, 0.1) is 17.7 Å². The predicted molar refractivity (Wildman–Crippen MR) is 110 cm³/mol. The lowest BCUT2D eigenvalue weighted by Gasteiger charge is -2.11. The molecule has 4 aromatic rings. The molecule has 0 saturated heterocycles. The molecule has 0 spiro atoms. The van der Waals surface area contributed by atoms with Crippen LogP contribution in [0.3, 0.4) is 0 Å². The van der Waals surface area contributed by atoms with Crippen molar-refractivity contribution in [3.63, 3.8) is 0 Å². The number of benzene rings is 2. The van der Waals surface area contributed by atoms with Gasteiger partial charge >= 0.3 is 0 Å². The van der Waals surface area contributed by atoms with E-state index >= 15 is 0 Å². The third-order valence-corrected chi connectivity index (χ3v) is 5.36. The Hall–Kier alpha value is -3.67. The van der Waals surface area contributed by atoms with E-state index < -0.39 is 0 Å². The standard InChI is InChI=1S/C23H21N5O/c29-23(25-15-17-7-4-5-11-20(17)27-14-13-24-16-27)22-19-10-6-12-21(19)28(26-22)18-8-2-1-3-9-18/h1-5,7-9,11,13-14,16H,6,10,12,15H2,(H,25,29). The Morgan fingerprint density at radius 1 is 1.03 bits per heavy atom. The third-order valence-electron chi connectivity index (χ3n) is 5.36. The van der Waals surface area contributed by atoms with Gasteiger partial charge in [0.25, 0.3) is 5.91 Å². The van der Waals surface area contributed by atoms with Gasteiger partial charge in [-0.15, -0.1) is 0 Å². The van der Waals surface area contributed by atoms with Crippen molar-refractivity contribution < 1.29 is 4.79 Å². The van der Waals surface area contributed by atoms with Crippen LogP contribution in [0.5, 0.6) is 0 Å². The first-order valence-electron chi connectivity index (χ1n) is 9.82. The van der Waals surface area contributed by atoms with E-state index in [1.165, 1.54) is 0 Å². The Morgan fingerprint density at radius 3 is 2.69 bits per heavy atom. The number of rotatable bonds is 5. The van der Waals surface area contributed by atoms with Crippen molar-refractivity contribution in [3.05, 3.63) is 95.8 Å². The fourth-order valence-corrected chi connectivity index (χ4v) is 3.98. The van der Waals surface area contributed by atoms with Crippen molar-refractivity contribution in [3.8, 4) is 11.4 Å². The molecule has 6 heteroatoms. The maximum Gasteiger partial charge on any atom is 0.272 e. The van der Waals surface area contributed by atoms with Crippen LogP contribution in [0.15, 0.2) is 73.3 Å². The molecule has 0 fully saturated rings. The number of carbonyl (C=O) groups is 1. The Balaban J connectivity index is 1.41. The molecule has 1 amide bonds. The SMILES string of the molecule is O=C(NCc1ccccc1-n1ccnc1)c1nn(-c2ccccc2)c2c1CCC2. The maximum absolute atomic E-state index is 13.0. The molecule has 1 N–H and O–H groups in total. The van der Waals surface area contributed by atoms with E-state index in [0.717, 1.165) is 47.5 Å². The minimum atomic E-state index is -0.127. The number of fused-ring (bicyclic) bond motifs is 1. The Kier molecular flexibility index (Phi) is 4.44. The molecule has 5 rings (SSSR count). The smallest absolute Gasteiger partial charge is 0.272 e. The number of para-hydroxylation sites is 2. The molecule has 0 atom stereocenters. The average Bonchev–Trinajstić information content (AvgIpc) is 3.51. The van der Waals surface area contributed by atoms with E-state index in [0.29, 0.717) is 12.2 Å². The van der Waals surface area contributed by atoms with E-state index in [9.17, 15) is 4.79 Å². The fourth-order valence-electron chi connectivity index (χ4n) is 3.98. The van der Waals surface area contributed by atoms with Gasteiger partial charge in [-0.2, -0.15) is 5.10 Å². The van der Waals surface area contributed by atoms with Crippen molar-refractivity contribution in [2.75, 3.05) is 0 Å². The quantitative estimate of drug-likeness (QED) is 0.574. The van der Waals surface area contributed by atoms with Gasteiger partial charge < -0.3 is 9.88 Å². The molecule has 2 aromatic heterocycles. The van der Waals surface area contributed by atoms with Crippen LogP contribution in [-0.4, -0.2) is 25.2 Å². The topological polar surface area (TPSA) is 64.7 Å². The molecule has 144 valence electrons. The first-order chi connectivity index (χ1) is 14.3. The first kappa shape index (κ1) is 17.4. The van der Waals surface area contributed by atoms with Gasteiger partial charge in [0.1, 0.15) is 0 Å². The number of hydrogen-bond donors (Lipinski definition) is 1. The highest BCUT2D eigenvalue weighted by molar-refractivity contribution is 5.94. The van der Waals surface area contributed by atoms with Crippen LogP contribution in [0.4, 0.5) is 0 Å². The highest BCUT2D eigenvalue weighted by Gasteiger charge is 2.26. The van der Waals surface area contributed by atoms with Crippen molar-refractivity contribution in [1.29, 1.82) is 0 Å². The zero-order valence-corrected chi connectivity index (χ0v) is 16.0. The molecule has 0 aliphatic heterocycles. The number of imidazole rings is 1. The Bertz CT molecular complexity index is 1150. The summed E-state index contributed by atoms with van der Waals surface area (Å²) >= 11 is 0. The van der Waals surface area contributed by atoms with Crippen molar-refractivity contribution >= 4 is 5.91 Å². The summed E-state index contributed by atoms with van der Waals surface area (Å²) < 4.78 is 3.88. The van der Waals surface area contributed by atoms with Crippen LogP contribution < -0.4 is 5.32 Å². The second-order valence-corrected chi connectivity index (χ2v) is 7.16. The van der Waals surface area contributed by atoms with Crippen molar-refractivity contribution in [1.82, 2.24) is 24.6 Å². The second-order valence-electron chi connectivity index (χ2n) is 7.16. The van der Waals surface area contributed by atoms with Crippen LogP contribution in [0.2, 0.25) is 0 Å². The van der Waals surface area contributed by atoms with Gasteiger partial charge in [0, 0.05) is 30.2 Å². The zero-order valence-electron chi connectivity index (χ0n) is 16.0. The van der Waals surface area contributed by atoms with Crippen LogP contribution in [0, 0.1) is 0 Å². The summed E-state index contributed by atoms with van der Waals surface area (Å²) in [7, 11) is 0. The monoisotopic (exact) mass is 383 g/mol. The molecule has 2 heterocycles. The lowest BCUT2D eigenvalue weighted by molar-refractivity contribution is 0.0944. The van der Waals surface area contributed by atoms with E-state index in [4.69, 9.17) is 0 Å². The van der Waals surface area contributed by atoms with E-state index in [-0.39, 0.29) is 5.91 Å². The number of hydrogen-bond acceptors (Lipinski definition) is 3. The van der Waals surface area contributed by atoms with Gasteiger partial charge in [-0.25, -0.2) is 9.67 Å². The molecule has 0 bridgehead atoms. The first-order valence-corrected chi connectivity index (χ1v) is 9.82. The summed E-state index contributed by atoms with van der Waals surface area (Å²) in [5.41, 5.74) is 5.80. The summed E-state index contributed by atoms with van der Waals surface area (Å²) in [4.78, 5) is 17.1.